The van der Waals surface area contributed by atoms with Crippen LogP contribution in [0.2, 0.25) is 0 Å². The lowest BCUT2D eigenvalue weighted by Crippen LogP contribution is -2.49. The molecule has 116 valence electrons. The van der Waals surface area contributed by atoms with Gasteiger partial charge < -0.3 is 11.1 Å². The first kappa shape index (κ1) is 16.0. The van der Waals surface area contributed by atoms with E-state index in [-0.39, 0.29) is 11.4 Å². The van der Waals surface area contributed by atoms with E-state index in [0.29, 0.717) is 18.9 Å². The summed E-state index contributed by atoms with van der Waals surface area (Å²) in [5.41, 5.74) is 8.84. The van der Waals surface area contributed by atoms with E-state index < -0.39 is 0 Å². The SMILES string of the molecule is CCC(N)(CC)CNC(=O)CC1CCc2ccccc2C1. The number of carbonyl (C=O) groups is 1. The zero-order valence-corrected chi connectivity index (χ0v) is 13.3. The highest BCUT2D eigenvalue weighted by atomic mass is 16.1. The van der Waals surface area contributed by atoms with Gasteiger partial charge >= 0.3 is 0 Å². The van der Waals surface area contributed by atoms with Crippen LogP contribution in [0.5, 0.6) is 0 Å². The van der Waals surface area contributed by atoms with Gasteiger partial charge in [0.05, 0.1) is 0 Å². The van der Waals surface area contributed by atoms with E-state index in [4.69, 9.17) is 5.73 Å². The molecule has 0 saturated heterocycles. The Bertz CT molecular complexity index is 480. The van der Waals surface area contributed by atoms with E-state index in [1.165, 1.54) is 11.1 Å². The Kier molecular flexibility index (Phi) is 5.40. The van der Waals surface area contributed by atoms with Crippen LogP contribution < -0.4 is 11.1 Å². The van der Waals surface area contributed by atoms with Crippen LogP contribution in [0, 0.1) is 5.92 Å². The number of nitrogens with one attached hydrogen (secondary N) is 1. The average molecular weight is 288 g/mol. The minimum atomic E-state index is -0.255. The lowest BCUT2D eigenvalue weighted by molar-refractivity contribution is -0.122. The number of fused-ring (bicyclic) bond motifs is 1. The third kappa shape index (κ3) is 4.31. The summed E-state index contributed by atoms with van der Waals surface area (Å²) in [6.45, 7) is 4.74. The second-order valence-electron chi connectivity index (χ2n) is 6.43. The second-order valence-corrected chi connectivity index (χ2v) is 6.43. The van der Waals surface area contributed by atoms with Gasteiger partial charge in [-0.25, -0.2) is 0 Å². The Hall–Kier alpha value is -1.35. The standard InChI is InChI=1S/C18H28N2O/c1-3-18(19,4-2)13-20-17(21)12-14-9-10-15-7-5-6-8-16(15)11-14/h5-8,14H,3-4,9-13,19H2,1-2H3,(H,20,21). The Balaban J connectivity index is 1.82. The van der Waals surface area contributed by atoms with Gasteiger partial charge in [0.15, 0.2) is 0 Å². The first-order valence-electron chi connectivity index (χ1n) is 8.18. The van der Waals surface area contributed by atoms with Gasteiger partial charge in [0.25, 0.3) is 0 Å². The topological polar surface area (TPSA) is 55.1 Å². The molecular weight excluding hydrogens is 260 g/mol. The Morgan fingerprint density at radius 2 is 1.95 bits per heavy atom. The molecule has 3 N–H and O–H groups in total. The predicted octanol–water partition coefficient (Wildman–Crippen LogP) is 2.82. The van der Waals surface area contributed by atoms with E-state index in [9.17, 15) is 4.79 Å². The summed E-state index contributed by atoms with van der Waals surface area (Å²) in [5, 5.41) is 3.03. The van der Waals surface area contributed by atoms with Gasteiger partial charge in [-0.2, -0.15) is 0 Å². The molecule has 0 saturated carbocycles. The maximum atomic E-state index is 12.1. The molecule has 0 spiro atoms. The van der Waals surface area contributed by atoms with Crippen molar-refractivity contribution in [3.8, 4) is 0 Å². The largest absolute Gasteiger partial charge is 0.354 e. The minimum Gasteiger partial charge on any atom is -0.354 e. The summed E-state index contributed by atoms with van der Waals surface area (Å²) in [6, 6.07) is 8.59. The Labute approximate surface area is 128 Å². The highest BCUT2D eigenvalue weighted by Crippen LogP contribution is 2.27. The van der Waals surface area contributed by atoms with Crippen LogP contribution in [0.1, 0.15) is 50.7 Å². The van der Waals surface area contributed by atoms with Crippen molar-refractivity contribution in [3.63, 3.8) is 0 Å². The van der Waals surface area contributed by atoms with Gasteiger partial charge in [-0.3, -0.25) is 4.79 Å². The van der Waals surface area contributed by atoms with E-state index in [1.807, 2.05) is 0 Å². The molecule has 2 rings (SSSR count). The number of rotatable bonds is 6. The summed E-state index contributed by atoms with van der Waals surface area (Å²) in [5.74, 6) is 0.617. The summed E-state index contributed by atoms with van der Waals surface area (Å²) < 4.78 is 0. The van der Waals surface area contributed by atoms with Gasteiger partial charge in [0, 0.05) is 18.5 Å². The molecule has 1 aliphatic carbocycles. The fourth-order valence-electron chi connectivity index (χ4n) is 3.06. The van der Waals surface area contributed by atoms with Crippen molar-refractivity contribution >= 4 is 5.91 Å². The highest BCUT2D eigenvalue weighted by molar-refractivity contribution is 5.76. The molecule has 1 aliphatic rings. The minimum absolute atomic E-state index is 0.149. The van der Waals surface area contributed by atoms with Crippen molar-refractivity contribution in [2.45, 2.75) is 57.9 Å². The maximum Gasteiger partial charge on any atom is 0.220 e. The van der Waals surface area contributed by atoms with Crippen LogP contribution in [0.25, 0.3) is 0 Å². The first-order valence-corrected chi connectivity index (χ1v) is 8.18. The molecule has 1 amide bonds. The van der Waals surface area contributed by atoms with E-state index in [0.717, 1.165) is 32.1 Å². The summed E-state index contributed by atoms with van der Waals surface area (Å²) in [4.78, 5) is 12.1. The smallest absolute Gasteiger partial charge is 0.220 e. The van der Waals surface area contributed by atoms with Crippen LogP contribution in [0.3, 0.4) is 0 Å². The molecule has 1 aromatic rings. The quantitative estimate of drug-likeness (QED) is 0.845. The number of amides is 1. The molecule has 0 heterocycles. The normalized spacial score (nSPS) is 18.1. The lowest BCUT2D eigenvalue weighted by Gasteiger charge is -2.28. The summed E-state index contributed by atoms with van der Waals surface area (Å²) in [7, 11) is 0. The van der Waals surface area contributed by atoms with Gasteiger partial charge in [0.1, 0.15) is 0 Å². The van der Waals surface area contributed by atoms with Crippen LogP contribution in [-0.4, -0.2) is 18.0 Å². The van der Waals surface area contributed by atoms with Gasteiger partial charge in [0.2, 0.25) is 5.91 Å². The molecule has 1 atom stereocenters. The van der Waals surface area contributed by atoms with Gasteiger partial charge in [-0.15, -0.1) is 0 Å². The number of nitrogens with two attached hydrogens (primary N) is 1. The number of hydrogen-bond acceptors (Lipinski definition) is 2. The zero-order valence-electron chi connectivity index (χ0n) is 13.3. The molecular formula is C18H28N2O. The van der Waals surface area contributed by atoms with Crippen molar-refractivity contribution in [1.82, 2.24) is 5.32 Å². The van der Waals surface area contributed by atoms with Crippen LogP contribution in [-0.2, 0) is 17.6 Å². The molecule has 3 heteroatoms. The third-order valence-electron chi connectivity index (χ3n) is 4.97. The van der Waals surface area contributed by atoms with Crippen molar-refractivity contribution in [3.05, 3.63) is 35.4 Å². The molecule has 0 radical (unpaired) electrons. The first-order chi connectivity index (χ1) is 10.1. The van der Waals surface area contributed by atoms with Crippen LogP contribution in [0.4, 0.5) is 0 Å². The Morgan fingerprint density at radius 1 is 1.29 bits per heavy atom. The van der Waals surface area contributed by atoms with Gasteiger partial charge in [-0.05, 0) is 49.1 Å². The molecule has 1 unspecified atom stereocenters. The maximum absolute atomic E-state index is 12.1. The van der Waals surface area contributed by atoms with Gasteiger partial charge in [-0.1, -0.05) is 38.1 Å². The summed E-state index contributed by atoms with van der Waals surface area (Å²) in [6.07, 6.45) is 5.64. The summed E-state index contributed by atoms with van der Waals surface area (Å²) >= 11 is 0. The van der Waals surface area contributed by atoms with Crippen LogP contribution in [0.15, 0.2) is 24.3 Å². The van der Waals surface area contributed by atoms with E-state index >= 15 is 0 Å². The van der Waals surface area contributed by atoms with Crippen molar-refractivity contribution in [2.75, 3.05) is 6.54 Å². The molecule has 0 fully saturated rings. The monoisotopic (exact) mass is 288 g/mol. The van der Waals surface area contributed by atoms with E-state index in [2.05, 4.69) is 43.4 Å². The van der Waals surface area contributed by atoms with Crippen molar-refractivity contribution < 1.29 is 4.79 Å². The fourth-order valence-corrected chi connectivity index (χ4v) is 3.06. The van der Waals surface area contributed by atoms with Crippen molar-refractivity contribution in [2.24, 2.45) is 11.7 Å². The molecule has 21 heavy (non-hydrogen) atoms. The van der Waals surface area contributed by atoms with E-state index in [1.54, 1.807) is 0 Å². The number of carbonyl (C=O) groups excluding carboxylic acids is 1. The second kappa shape index (κ2) is 7.08. The lowest BCUT2D eigenvalue weighted by atomic mass is 9.82. The number of benzene rings is 1. The fraction of sp³-hybridized carbons (Fsp3) is 0.611. The zero-order chi connectivity index (χ0) is 15.3. The van der Waals surface area contributed by atoms with Crippen LogP contribution >= 0.6 is 0 Å². The number of hydrogen-bond donors (Lipinski definition) is 2. The Morgan fingerprint density at radius 3 is 2.62 bits per heavy atom. The van der Waals surface area contributed by atoms with Crippen molar-refractivity contribution in [1.29, 1.82) is 0 Å². The highest BCUT2D eigenvalue weighted by Gasteiger charge is 2.23. The molecule has 0 bridgehead atoms. The molecule has 1 aromatic carbocycles. The average Bonchev–Trinajstić information content (AvgIpc) is 2.52. The molecule has 0 aromatic heterocycles. The molecule has 3 nitrogen and oxygen atoms in total. The predicted molar refractivity (Wildman–Crippen MR) is 87.1 cm³/mol. The third-order valence-corrected chi connectivity index (χ3v) is 4.97. The molecule has 0 aliphatic heterocycles. The number of aryl methyl sites for hydroxylation is 1.